The molecule has 8 heteroatoms. The summed E-state index contributed by atoms with van der Waals surface area (Å²) in [6.45, 7) is 2.96. The van der Waals surface area contributed by atoms with Crippen LogP contribution in [0.25, 0.3) is 0 Å². The Morgan fingerprint density at radius 1 is 1.27 bits per heavy atom. The second-order valence-electron chi connectivity index (χ2n) is 5.90. The molecular weight excluding hydrogens is 296 g/mol. The number of ether oxygens (including phenoxy) is 3. The topological polar surface area (TPSA) is 129 Å². The van der Waals surface area contributed by atoms with Crippen molar-refractivity contribution >= 4 is 0 Å². The van der Waals surface area contributed by atoms with Gasteiger partial charge >= 0.3 is 0 Å². The Hall–Kier alpha value is -0.320. The molecule has 1 saturated heterocycles. The van der Waals surface area contributed by atoms with E-state index >= 15 is 0 Å². The van der Waals surface area contributed by atoms with Crippen LogP contribution < -0.4 is 0 Å². The summed E-state index contributed by atoms with van der Waals surface area (Å²) in [5, 5.41) is 50.2. The number of aliphatic hydroxyl groups is 5. The average molecular weight is 324 g/mol. The van der Waals surface area contributed by atoms with Crippen LogP contribution in [-0.4, -0.2) is 88.3 Å². The molecule has 1 heterocycles. The monoisotopic (exact) mass is 324 g/mol. The van der Waals surface area contributed by atoms with Gasteiger partial charge in [-0.2, -0.15) is 0 Å². The summed E-state index contributed by atoms with van der Waals surface area (Å²) < 4.78 is 15.4. The van der Waals surface area contributed by atoms with E-state index in [-0.39, 0.29) is 12.8 Å². The van der Waals surface area contributed by atoms with Crippen LogP contribution in [-0.2, 0) is 14.2 Å². The van der Waals surface area contributed by atoms with Gasteiger partial charge in [0.25, 0.3) is 0 Å². The second kappa shape index (κ2) is 7.98. The summed E-state index contributed by atoms with van der Waals surface area (Å²) in [7, 11) is 2.71. The third-order valence-electron chi connectivity index (χ3n) is 4.34. The van der Waals surface area contributed by atoms with Gasteiger partial charge in [-0.15, -0.1) is 0 Å². The molecule has 0 unspecified atom stereocenters. The lowest BCUT2D eigenvalue weighted by molar-refractivity contribution is -0.299. The highest BCUT2D eigenvalue weighted by molar-refractivity contribution is 4.99. The number of methoxy groups -OCH3 is 2. The van der Waals surface area contributed by atoms with E-state index in [4.69, 9.17) is 14.2 Å². The summed E-state index contributed by atoms with van der Waals surface area (Å²) in [6, 6.07) is 0. The van der Waals surface area contributed by atoms with Crippen LogP contribution in [0.15, 0.2) is 0 Å². The predicted molar refractivity (Wildman–Crippen MR) is 76.0 cm³/mol. The van der Waals surface area contributed by atoms with Gasteiger partial charge in [-0.3, -0.25) is 0 Å². The fourth-order valence-electron chi connectivity index (χ4n) is 2.74. The second-order valence-corrected chi connectivity index (χ2v) is 5.90. The van der Waals surface area contributed by atoms with Gasteiger partial charge in [0.2, 0.25) is 0 Å². The smallest absolute Gasteiger partial charge is 0.183 e. The normalized spacial score (nSPS) is 38.3. The maximum absolute atomic E-state index is 10.7. The predicted octanol–water partition coefficient (Wildman–Crippen LogP) is -1.63. The van der Waals surface area contributed by atoms with E-state index in [0.29, 0.717) is 0 Å². The van der Waals surface area contributed by atoms with Gasteiger partial charge in [-0.1, -0.05) is 0 Å². The van der Waals surface area contributed by atoms with Crippen molar-refractivity contribution in [1.82, 2.24) is 0 Å². The van der Waals surface area contributed by atoms with E-state index in [9.17, 15) is 25.5 Å². The first-order chi connectivity index (χ1) is 10.2. The fourth-order valence-corrected chi connectivity index (χ4v) is 2.74. The van der Waals surface area contributed by atoms with Crippen molar-refractivity contribution < 1.29 is 39.7 Å². The molecule has 1 rings (SSSR count). The zero-order chi connectivity index (χ0) is 17.1. The maximum atomic E-state index is 10.7. The zero-order valence-electron chi connectivity index (χ0n) is 13.4. The molecule has 0 aromatic heterocycles. The third-order valence-corrected chi connectivity index (χ3v) is 4.34. The summed E-state index contributed by atoms with van der Waals surface area (Å²) in [6.07, 6.45) is -7.48. The Morgan fingerprint density at radius 3 is 2.32 bits per heavy atom. The molecule has 132 valence electrons. The highest BCUT2D eigenvalue weighted by Gasteiger charge is 2.50. The minimum absolute atomic E-state index is 0.128. The van der Waals surface area contributed by atoms with Crippen LogP contribution in [0.5, 0.6) is 0 Å². The molecule has 0 aromatic carbocycles. The largest absolute Gasteiger partial charge is 0.391 e. The van der Waals surface area contributed by atoms with Crippen molar-refractivity contribution in [2.24, 2.45) is 0 Å². The number of aliphatic hydroxyl groups excluding tert-OH is 4. The summed E-state index contributed by atoms with van der Waals surface area (Å²) in [5.74, 6) is 0. The lowest BCUT2D eigenvalue weighted by Crippen LogP contribution is -2.62. The van der Waals surface area contributed by atoms with Crippen LogP contribution in [0.2, 0.25) is 0 Å². The molecule has 0 amide bonds. The highest BCUT2D eigenvalue weighted by Crippen LogP contribution is 2.34. The fraction of sp³-hybridized carbons (Fsp3) is 1.00. The van der Waals surface area contributed by atoms with Crippen molar-refractivity contribution in [3.63, 3.8) is 0 Å². The van der Waals surface area contributed by atoms with Gasteiger partial charge in [-0.25, -0.2) is 0 Å². The molecule has 8 nitrogen and oxygen atoms in total. The van der Waals surface area contributed by atoms with E-state index in [0.717, 1.165) is 0 Å². The minimum atomic E-state index is -1.72. The van der Waals surface area contributed by atoms with E-state index < -0.39 is 48.5 Å². The quantitative estimate of drug-likeness (QED) is 0.377. The van der Waals surface area contributed by atoms with Crippen LogP contribution >= 0.6 is 0 Å². The van der Waals surface area contributed by atoms with Gasteiger partial charge < -0.3 is 39.7 Å². The number of hydrogen-bond acceptors (Lipinski definition) is 8. The molecule has 1 fully saturated rings. The first-order valence-corrected chi connectivity index (χ1v) is 7.33. The molecule has 0 spiro atoms. The van der Waals surface area contributed by atoms with Crippen molar-refractivity contribution in [2.75, 3.05) is 14.2 Å². The first kappa shape index (κ1) is 19.7. The Balaban J connectivity index is 2.79. The molecule has 0 aliphatic carbocycles. The first-order valence-electron chi connectivity index (χ1n) is 7.33. The van der Waals surface area contributed by atoms with Gasteiger partial charge in [0.05, 0.1) is 24.4 Å². The van der Waals surface area contributed by atoms with Crippen molar-refractivity contribution in [1.29, 1.82) is 0 Å². The summed E-state index contributed by atoms with van der Waals surface area (Å²) >= 11 is 0. The number of hydrogen-bond donors (Lipinski definition) is 5. The summed E-state index contributed by atoms with van der Waals surface area (Å²) in [5.41, 5.74) is -1.72. The molecule has 1 aliphatic rings. The Kier molecular flexibility index (Phi) is 7.16. The van der Waals surface area contributed by atoms with Crippen molar-refractivity contribution in [3.8, 4) is 0 Å². The molecule has 0 saturated carbocycles. The van der Waals surface area contributed by atoms with E-state index in [1.54, 1.807) is 6.92 Å². The lowest BCUT2D eigenvalue weighted by atomic mass is 9.80. The highest BCUT2D eigenvalue weighted by atomic mass is 16.7. The van der Waals surface area contributed by atoms with Gasteiger partial charge in [0, 0.05) is 27.1 Å². The third kappa shape index (κ3) is 4.15. The van der Waals surface area contributed by atoms with E-state index in [2.05, 4.69) is 0 Å². The Morgan fingerprint density at radius 2 is 1.86 bits per heavy atom. The minimum Gasteiger partial charge on any atom is -0.391 e. The van der Waals surface area contributed by atoms with E-state index in [1.807, 2.05) is 0 Å². The van der Waals surface area contributed by atoms with Crippen molar-refractivity contribution in [2.45, 2.75) is 75.2 Å². The van der Waals surface area contributed by atoms with Crippen LogP contribution in [0.4, 0.5) is 0 Å². The van der Waals surface area contributed by atoms with Gasteiger partial charge in [0.15, 0.2) is 6.29 Å². The summed E-state index contributed by atoms with van der Waals surface area (Å²) in [4.78, 5) is 0. The molecule has 1 aliphatic heterocycles. The Labute approximate surface area is 130 Å². The van der Waals surface area contributed by atoms with Gasteiger partial charge in [-0.05, 0) is 13.8 Å². The average Bonchev–Trinajstić information content (AvgIpc) is 2.47. The zero-order valence-corrected chi connectivity index (χ0v) is 13.4. The Bertz CT molecular complexity index is 339. The molecule has 0 aromatic rings. The lowest BCUT2D eigenvalue weighted by Gasteiger charge is -2.46. The SMILES string of the molecule is CO[C@H]1O[C@H](C)[C@](O)([C@@H](O)C[C@H](OC)[C@H](O)[C@@H](C)O)C[C@@H]1O. The molecule has 0 radical (unpaired) electrons. The standard InChI is InChI=1S/C14H28O8/c1-7(15)12(18)10(20-3)5-11(17)14(19)6-9(16)13(21-4)22-8(14)2/h7-13,15-19H,5-6H2,1-4H3/t7-,8-,9+,10+,11+,12-,13+,14+/m1/s1. The van der Waals surface area contributed by atoms with Crippen LogP contribution in [0, 0.1) is 0 Å². The van der Waals surface area contributed by atoms with E-state index in [1.165, 1.54) is 21.1 Å². The van der Waals surface area contributed by atoms with Crippen LogP contribution in [0.3, 0.4) is 0 Å². The van der Waals surface area contributed by atoms with Gasteiger partial charge in [0.1, 0.15) is 17.8 Å². The molecule has 8 atom stereocenters. The maximum Gasteiger partial charge on any atom is 0.183 e. The number of rotatable bonds is 7. The van der Waals surface area contributed by atoms with Crippen LogP contribution in [0.1, 0.15) is 26.7 Å². The molecule has 0 bridgehead atoms. The molecule has 22 heavy (non-hydrogen) atoms. The van der Waals surface area contributed by atoms with Crippen molar-refractivity contribution in [3.05, 3.63) is 0 Å². The molecular formula is C14H28O8. The molecule has 5 N–H and O–H groups in total.